The molecule has 0 aromatic heterocycles. The maximum absolute atomic E-state index is 11.8. The summed E-state index contributed by atoms with van der Waals surface area (Å²) in [6, 6.07) is 0.494. The monoisotopic (exact) mass is 256 g/mol. The summed E-state index contributed by atoms with van der Waals surface area (Å²) < 4.78 is 5.70. The molecule has 18 heavy (non-hydrogen) atoms. The van der Waals surface area contributed by atoms with Crippen LogP contribution in [-0.2, 0) is 9.53 Å². The van der Waals surface area contributed by atoms with Crippen LogP contribution >= 0.6 is 0 Å². The molecule has 106 valence electrons. The van der Waals surface area contributed by atoms with Crippen LogP contribution < -0.4 is 5.32 Å². The van der Waals surface area contributed by atoms with Gasteiger partial charge in [0.15, 0.2) is 0 Å². The highest BCUT2D eigenvalue weighted by atomic mass is 16.5. The first-order valence-electron chi connectivity index (χ1n) is 7.23. The van der Waals surface area contributed by atoms with E-state index in [0.717, 1.165) is 32.5 Å². The van der Waals surface area contributed by atoms with E-state index in [1.807, 2.05) is 18.7 Å². The molecule has 1 rings (SSSR count). The van der Waals surface area contributed by atoms with Gasteiger partial charge >= 0.3 is 0 Å². The van der Waals surface area contributed by atoms with Crippen molar-refractivity contribution in [3.8, 4) is 0 Å². The van der Waals surface area contributed by atoms with Crippen molar-refractivity contribution in [3.05, 3.63) is 0 Å². The molecule has 0 saturated carbocycles. The van der Waals surface area contributed by atoms with Gasteiger partial charge in [-0.25, -0.2) is 0 Å². The lowest BCUT2D eigenvalue weighted by molar-refractivity contribution is -0.130. The van der Waals surface area contributed by atoms with Gasteiger partial charge in [-0.05, 0) is 40.5 Å². The van der Waals surface area contributed by atoms with Crippen LogP contribution in [0.3, 0.4) is 0 Å². The standard InChI is InChI=1S/C14H28N2O2/c1-5-16(6-2)14(17)7-8-15-13-9-11(3)18-12(4)10-13/h11-13,15H,5-10H2,1-4H3. The zero-order valence-corrected chi connectivity index (χ0v) is 12.2. The maximum Gasteiger partial charge on any atom is 0.223 e. The topological polar surface area (TPSA) is 41.6 Å². The van der Waals surface area contributed by atoms with E-state index in [1.54, 1.807) is 0 Å². The highest BCUT2D eigenvalue weighted by Crippen LogP contribution is 2.18. The third-order valence-corrected chi connectivity index (χ3v) is 3.59. The van der Waals surface area contributed by atoms with Gasteiger partial charge in [-0.15, -0.1) is 0 Å². The Morgan fingerprint density at radius 2 is 1.78 bits per heavy atom. The summed E-state index contributed by atoms with van der Waals surface area (Å²) in [5.74, 6) is 0.251. The van der Waals surface area contributed by atoms with Crippen LogP contribution in [0.1, 0.15) is 47.0 Å². The number of nitrogens with zero attached hydrogens (tertiary/aromatic N) is 1. The maximum atomic E-state index is 11.8. The lowest BCUT2D eigenvalue weighted by atomic mass is 10.00. The summed E-state index contributed by atoms with van der Waals surface area (Å²) in [5.41, 5.74) is 0. The van der Waals surface area contributed by atoms with Crippen LogP contribution in [0.4, 0.5) is 0 Å². The fraction of sp³-hybridized carbons (Fsp3) is 0.929. The largest absolute Gasteiger partial charge is 0.375 e. The Balaban J connectivity index is 2.22. The fourth-order valence-corrected chi connectivity index (χ4v) is 2.69. The average Bonchev–Trinajstić information content (AvgIpc) is 2.29. The number of hydrogen-bond donors (Lipinski definition) is 1. The Hall–Kier alpha value is -0.610. The molecule has 1 amide bonds. The van der Waals surface area contributed by atoms with Crippen LogP contribution in [0.5, 0.6) is 0 Å². The lowest BCUT2D eigenvalue weighted by Gasteiger charge is -2.32. The molecule has 1 fully saturated rings. The number of rotatable bonds is 6. The van der Waals surface area contributed by atoms with Crippen molar-refractivity contribution >= 4 is 5.91 Å². The minimum atomic E-state index is 0.251. The molecule has 4 heteroatoms. The number of ether oxygens (including phenoxy) is 1. The molecule has 0 radical (unpaired) electrons. The summed E-state index contributed by atoms with van der Waals surface area (Å²) in [6.07, 6.45) is 3.34. The summed E-state index contributed by atoms with van der Waals surface area (Å²) >= 11 is 0. The Kier molecular flexibility index (Phi) is 6.65. The van der Waals surface area contributed by atoms with Gasteiger partial charge in [0, 0.05) is 32.1 Å². The molecule has 1 aliphatic rings. The predicted octanol–water partition coefficient (Wildman–Crippen LogP) is 1.79. The number of hydrogen-bond acceptors (Lipinski definition) is 3. The van der Waals surface area contributed by atoms with Gasteiger partial charge < -0.3 is 15.0 Å². The smallest absolute Gasteiger partial charge is 0.223 e. The lowest BCUT2D eigenvalue weighted by Crippen LogP contribution is -2.42. The molecule has 4 nitrogen and oxygen atoms in total. The molecule has 2 unspecified atom stereocenters. The van der Waals surface area contributed by atoms with Crippen LogP contribution in [0, 0.1) is 0 Å². The molecule has 1 aliphatic heterocycles. The van der Waals surface area contributed by atoms with Crippen molar-refractivity contribution in [2.45, 2.75) is 65.2 Å². The highest BCUT2D eigenvalue weighted by molar-refractivity contribution is 5.76. The molecule has 0 bridgehead atoms. The summed E-state index contributed by atoms with van der Waals surface area (Å²) in [7, 11) is 0. The summed E-state index contributed by atoms with van der Waals surface area (Å²) in [4.78, 5) is 13.7. The predicted molar refractivity (Wildman–Crippen MR) is 73.6 cm³/mol. The van der Waals surface area contributed by atoms with E-state index in [2.05, 4.69) is 19.2 Å². The van der Waals surface area contributed by atoms with Crippen LogP contribution in [-0.4, -0.2) is 48.7 Å². The van der Waals surface area contributed by atoms with Crippen molar-refractivity contribution in [3.63, 3.8) is 0 Å². The van der Waals surface area contributed by atoms with E-state index in [-0.39, 0.29) is 5.91 Å². The molecule has 0 aliphatic carbocycles. The highest BCUT2D eigenvalue weighted by Gasteiger charge is 2.23. The normalized spacial score (nSPS) is 28.1. The van der Waals surface area contributed by atoms with Crippen LogP contribution in [0.15, 0.2) is 0 Å². The first kappa shape index (κ1) is 15.4. The number of carbonyl (C=O) groups is 1. The van der Waals surface area contributed by atoms with Crippen molar-refractivity contribution in [2.75, 3.05) is 19.6 Å². The van der Waals surface area contributed by atoms with Gasteiger partial charge in [-0.2, -0.15) is 0 Å². The van der Waals surface area contributed by atoms with Gasteiger partial charge in [-0.3, -0.25) is 4.79 Å². The quantitative estimate of drug-likeness (QED) is 0.788. The second kappa shape index (κ2) is 7.74. The van der Waals surface area contributed by atoms with Gasteiger partial charge in [0.25, 0.3) is 0 Å². The van der Waals surface area contributed by atoms with E-state index in [9.17, 15) is 4.79 Å². The number of nitrogens with one attached hydrogen (secondary N) is 1. The Morgan fingerprint density at radius 3 is 2.28 bits per heavy atom. The van der Waals surface area contributed by atoms with Crippen molar-refractivity contribution in [2.24, 2.45) is 0 Å². The molecule has 1 saturated heterocycles. The molecular weight excluding hydrogens is 228 g/mol. The SMILES string of the molecule is CCN(CC)C(=O)CCNC1CC(C)OC(C)C1. The van der Waals surface area contributed by atoms with Gasteiger partial charge in [0.1, 0.15) is 0 Å². The molecule has 0 aromatic carbocycles. The minimum Gasteiger partial charge on any atom is -0.375 e. The van der Waals surface area contributed by atoms with Gasteiger partial charge in [-0.1, -0.05) is 0 Å². The van der Waals surface area contributed by atoms with E-state index in [1.165, 1.54) is 0 Å². The second-order valence-electron chi connectivity index (χ2n) is 5.20. The van der Waals surface area contributed by atoms with E-state index < -0.39 is 0 Å². The van der Waals surface area contributed by atoms with E-state index >= 15 is 0 Å². The average molecular weight is 256 g/mol. The van der Waals surface area contributed by atoms with E-state index in [4.69, 9.17) is 4.74 Å². The third-order valence-electron chi connectivity index (χ3n) is 3.59. The zero-order chi connectivity index (χ0) is 13.5. The Bertz CT molecular complexity index is 244. The molecular formula is C14H28N2O2. The third kappa shape index (κ3) is 4.94. The first-order chi connectivity index (χ1) is 8.56. The second-order valence-corrected chi connectivity index (χ2v) is 5.20. The first-order valence-corrected chi connectivity index (χ1v) is 7.23. The fourth-order valence-electron chi connectivity index (χ4n) is 2.69. The van der Waals surface area contributed by atoms with Crippen molar-refractivity contribution in [1.29, 1.82) is 0 Å². The van der Waals surface area contributed by atoms with Crippen molar-refractivity contribution < 1.29 is 9.53 Å². The molecule has 0 aromatic rings. The van der Waals surface area contributed by atoms with Gasteiger partial charge in [0.05, 0.1) is 12.2 Å². The number of carbonyl (C=O) groups excluding carboxylic acids is 1. The van der Waals surface area contributed by atoms with Crippen LogP contribution in [0.25, 0.3) is 0 Å². The zero-order valence-electron chi connectivity index (χ0n) is 12.2. The molecule has 1 N–H and O–H groups in total. The molecule has 2 atom stereocenters. The Morgan fingerprint density at radius 1 is 1.22 bits per heavy atom. The minimum absolute atomic E-state index is 0.251. The summed E-state index contributed by atoms with van der Waals surface area (Å²) in [6.45, 7) is 10.7. The summed E-state index contributed by atoms with van der Waals surface area (Å²) in [5, 5.41) is 3.49. The number of amides is 1. The molecule has 1 heterocycles. The van der Waals surface area contributed by atoms with E-state index in [0.29, 0.717) is 24.7 Å². The van der Waals surface area contributed by atoms with Crippen LogP contribution in [0.2, 0.25) is 0 Å². The van der Waals surface area contributed by atoms with Crippen molar-refractivity contribution in [1.82, 2.24) is 10.2 Å². The van der Waals surface area contributed by atoms with Gasteiger partial charge in [0.2, 0.25) is 5.91 Å². The Labute approximate surface area is 111 Å². The molecule has 0 spiro atoms.